The first-order chi connectivity index (χ1) is 9.08. The number of aryl methyl sites for hydroxylation is 1. The van der Waals surface area contributed by atoms with Gasteiger partial charge >= 0.3 is 0 Å². The van der Waals surface area contributed by atoms with Gasteiger partial charge in [0, 0.05) is 0 Å². The molecule has 3 aromatic rings. The number of nitrogens with zero attached hydrogens (tertiary/aromatic N) is 3. The van der Waals surface area contributed by atoms with Crippen molar-refractivity contribution in [1.29, 1.82) is 0 Å². The summed E-state index contributed by atoms with van der Waals surface area (Å²) in [7, 11) is 0. The topological polar surface area (TPSA) is 63.6 Å². The maximum Gasteiger partial charge on any atom is 0.262 e. The van der Waals surface area contributed by atoms with E-state index < -0.39 is 5.82 Å². The number of hydrogen-bond acceptors (Lipinski definition) is 3. The smallest absolute Gasteiger partial charge is 0.262 e. The normalized spacial score (nSPS) is 11.1. The van der Waals surface area contributed by atoms with Gasteiger partial charge < -0.3 is 4.98 Å². The van der Waals surface area contributed by atoms with E-state index in [2.05, 4.69) is 15.1 Å². The van der Waals surface area contributed by atoms with Gasteiger partial charge in [-0.15, -0.1) is 0 Å². The highest BCUT2D eigenvalue weighted by atomic mass is 35.5. The summed E-state index contributed by atoms with van der Waals surface area (Å²) in [6.45, 7) is 1.64. The summed E-state index contributed by atoms with van der Waals surface area (Å²) in [4.78, 5) is 18.5. The summed E-state index contributed by atoms with van der Waals surface area (Å²) in [5, 5.41) is 4.48. The standard InChI is InChI=1S/C12H8ClFN4O/c1-6-16-11-7(12(19)17-6)5-15-18(11)10-8(13)3-2-4-9(10)14/h2-5H,1H3,(H,16,17,19). The largest absolute Gasteiger partial charge is 0.310 e. The molecule has 2 heterocycles. The van der Waals surface area contributed by atoms with Crippen molar-refractivity contribution in [2.24, 2.45) is 0 Å². The molecule has 0 saturated heterocycles. The Morgan fingerprint density at radius 2 is 2.21 bits per heavy atom. The van der Waals surface area contributed by atoms with Crippen molar-refractivity contribution >= 4 is 22.6 Å². The summed E-state index contributed by atoms with van der Waals surface area (Å²) < 4.78 is 15.1. The fourth-order valence-electron chi connectivity index (χ4n) is 1.88. The minimum atomic E-state index is -0.530. The molecule has 0 aliphatic carbocycles. The molecule has 19 heavy (non-hydrogen) atoms. The van der Waals surface area contributed by atoms with Gasteiger partial charge in [0.05, 0.1) is 11.2 Å². The fourth-order valence-corrected chi connectivity index (χ4v) is 2.13. The van der Waals surface area contributed by atoms with Gasteiger partial charge in [0.2, 0.25) is 0 Å². The second-order valence-corrected chi connectivity index (χ2v) is 4.42. The van der Waals surface area contributed by atoms with Crippen LogP contribution in [0, 0.1) is 12.7 Å². The molecule has 0 aliphatic heterocycles. The summed E-state index contributed by atoms with van der Waals surface area (Å²) in [6.07, 6.45) is 1.34. The lowest BCUT2D eigenvalue weighted by atomic mass is 10.3. The second-order valence-electron chi connectivity index (χ2n) is 4.02. The minimum absolute atomic E-state index is 0.0802. The molecule has 0 saturated carbocycles. The number of nitrogens with one attached hydrogen (secondary N) is 1. The lowest BCUT2D eigenvalue weighted by Crippen LogP contribution is -2.10. The molecular formula is C12H8ClFN4O. The summed E-state index contributed by atoms with van der Waals surface area (Å²) in [5.41, 5.74) is 0.0335. The van der Waals surface area contributed by atoms with Crippen LogP contribution in [0.15, 0.2) is 29.2 Å². The van der Waals surface area contributed by atoms with Crippen molar-refractivity contribution in [3.63, 3.8) is 0 Å². The van der Waals surface area contributed by atoms with Gasteiger partial charge in [-0.25, -0.2) is 14.1 Å². The first-order valence-corrected chi connectivity index (χ1v) is 5.85. The number of benzene rings is 1. The quantitative estimate of drug-likeness (QED) is 0.742. The number of aromatic nitrogens is 4. The Labute approximate surface area is 111 Å². The van der Waals surface area contributed by atoms with Gasteiger partial charge in [0.25, 0.3) is 5.56 Å². The Morgan fingerprint density at radius 3 is 2.95 bits per heavy atom. The molecule has 0 atom stereocenters. The zero-order valence-electron chi connectivity index (χ0n) is 9.82. The van der Waals surface area contributed by atoms with Crippen molar-refractivity contribution in [1.82, 2.24) is 19.7 Å². The molecule has 0 aliphatic rings. The predicted molar refractivity (Wildman–Crippen MR) is 69.2 cm³/mol. The van der Waals surface area contributed by atoms with E-state index in [0.29, 0.717) is 5.82 Å². The van der Waals surface area contributed by atoms with Gasteiger partial charge in [-0.3, -0.25) is 4.79 Å². The van der Waals surface area contributed by atoms with Crippen LogP contribution in [0.1, 0.15) is 5.82 Å². The van der Waals surface area contributed by atoms with E-state index in [1.807, 2.05) is 0 Å². The van der Waals surface area contributed by atoms with Gasteiger partial charge in [0.1, 0.15) is 22.7 Å². The SMILES string of the molecule is Cc1nc2c(cnn2-c2c(F)cccc2Cl)c(=O)[nH]1. The highest BCUT2D eigenvalue weighted by Crippen LogP contribution is 2.24. The molecule has 0 amide bonds. The van der Waals surface area contributed by atoms with Crippen LogP contribution in [-0.2, 0) is 0 Å². The lowest BCUT2D eigenvalue weighted by Gasteiger charge is -2.06. The molecule has 96 valence electrons. The van der Waals surface area contributed by atoms with Crippen LogP contribution >= 0.6 is 11.6 Å². The number of para-hydroxylation sites is 1. The van der Waals surface area contributed by atoms with Crippen molar-refractivity contribution < 1.29 is 4.39 Å². The molecule has 7 heteroatoms. The highest BCUT2D eigenvalue weighted by molar-refractivity contribution is 6.32. The van der Waals surface area contributed by atoms with Gasteiger partial charge in [-0.05, 0) is 19.1 Å². The number of rotatable bonds is 1. The molecule has 0 bridgehead atoms. The molecular weight excluding hydrogens is 271 g/mol. The average Bonchev–Trinajstić information content (AvgIpc) is 2.73. The number of hydrogen-bond donors (Lipinski definition) is 1. The predicted octanol–water partition coefficient (Wildman–Crippen LogP) is 2.21. The van der Waals surface area contributed by atoms with E-state index in [0.717, 1.165) is 0 Å². The first kappa shape index (κ1) is 11.9. The fraction of sp³-hybridized carbons (Fsp3) is 0.0833. The Bertz CT molecular complexity index is 819. The lowest BCUT2D eigenvalue weighted by molar-refractivity contribution is 0.612. The van der Waals surface area contributed by atoms with Crippen LogP contribution in [0.3, 0.4) is 0 Å². The van der Waals surface area contributed by atoms with Crippen LogP contribution in [-0.4, -0.2) is 19.7 Å². The van der Waals surface area contributed by atoms with Crippen molar-refractivity contribution in [2.75, 3.05) is 0 Å². The Balaban J connectivity index is 2.41. The molecule has 1 N–H and O–H groups in total. The molecule has 0 spiro atoms. The zero-order valence-corrected chi connectivity index (χ0v) is 10.6. The number of halogens is 2. The molecule has 2 aromatic heterocycles. The van der Waals surface area contributed by atoms with Gasteiger partial charge in [-0.1, -0.05) is 17.7 Å². The zero-order chi connectivity index (χ0) is 13.6. The van der Waals surface area contributed by atoms with Crippen molar-refractivity contribution in [2.45, 2.75) is 6.92 Å². The van der Waals surface area contributed by atoms with E-state index in [4.69, 9.17) is 11.6 Å². The third-order valence-corrected chi connectivity index (χ3v) is 3.01. The van der Waals surface area contributed by atoms with Crippen molar-refractivity contribution in [3.8, 4) is 5.69 Å². The van der Waals surface area contributed by atoms with E-state index in [9.17, 15) is 9.18 Å². The summed E-state index contributed by atoms with van der Waals surface area (Å²) in [6, 6.07) is 4.32. The summed E-state index contributed by atoms with van der Waals surface area (Å²) in [5.74, 6) is -0.107. The second kappa shape index (κ2) is 4.17. The third-order valence-electron chi connectivity index (χ3n) is 2.71. The van der Waals surface area contributed by atoms with E-state index >= 15 is 0 Å². The summed E-state index contributed by atoms with van der Waals surface area (Å²) >= 11 is 5.99. The molecule has 1 aromatic carbocycles. The van der Waals surface area contributed by atoms with Gasteiger partial charge in [-0.2, -0.15) is 5.10 Å². The maximum absolute atomic E-state index is 13.9. The van der Waals surface area contributed by atoms with E-state index in [-0.39, 0.29) is 27.3 Å². The van der Waals surface area contributed by atoms with Crippen LogP contribution in [0.4, 0.5) is 4.39 Å². The Morgan fingerprint density at radius 1 is 1.42 bits per heavy atom. The first-order valence-electron chi connectivity index (χ1n) is 5.47. The molecule has 3 rings (SSSR count). The molecule has 5 nitrogen and oxygen atoms in total. The maximum atomic E-state index is 13.9. The van der Waals surface area contributed by atoms with E-state index in [1.54, 1.807) is 13.0 Å². The Hall–Kier alpha value is -2.21. The van der Waals surface area contributed by atoms with Crippen molar-refractivity contribution in [3.05, 3.63) is 51.4 Å². The number of H-pyrrole nitrogens is 1. The van der Waals surface area contributed by atoms with Crippen LogP contribution in [0.5, 0.6) is 0 Å². The number of fused-ring (bicyclic) bond motifs is 1. The minimum Gasteiger partial charge on any atom is -0.310 e. The number of aromatic amines is 1. The average molecular weight is 279 g/mol. The van der Waals surface area contributed by atoms with E-state index in [1.165, 1.54) is 23.0 Å². The highest BCUT2D eigenvalue weighted by Gasteiger charge is 2.15. The molecule has 0 unspecified atom stereocenters. The van der Waals surface area contributed by atoms with Crippen LogP contribution in [0.2, 0.25) is 5.02 Å². The Kier molecular flexibility index (Phi) is 2.60. The third kappa shape index (κ3) is 1.80. The van der Waals surface area contributed by atoms with Gasteiger partial charge in [0.15, 0.2) is 5.65 Å². The molecule has 0 fully saturated rings. The van der Waals surface area contributed by atoms with Crippen LogP contribution < -0.4 is 5.56 Å². The molecule has 0 radical (unpaired) electrons. The monoisotopic (exact) mass is 278 g/mol. The van der Waals surface area contributed by atoms with Crippen LogP contribution in [0.25, 0.3) is 16.7 Å².